The third kappa shape index (κ3) is 3.08. The second-order valence-electron chi connectivity index (χ2n) is 3.84. The van der Waals surface area contributed by atoms with Crippen LogP contribution in [-0.4, -0.2) is 22.9 Å². The number of amides is 1. The van der Waals surface area contributed by atoms with Crippen molar-refractivity contribution in [3.05, 3.63) is 58.3 Å². The van der Waals surface area contributed by atoms with Crippen molar-refractivity contribution in [2.45, 2.75) is 0 Å². The van der Waals surface area contributed by atoms with E-state index < -0.39 is 10.8 Å². The Morgan fingerprint density at radius 2 is 1.95 bits per heavy atom. The van der Waals surface area contributed by atoms with E-state index in [1.807, 2.05) is 0 Å². The number of benzene rings is 1. The molecular weight excluding hydrogens is 262 g/mol. The van der Waals surface area contributed by atoms with Gasteiger partial charge in [0.2, 0.25) is 0 Å². The van der Waals surface area contributed by atoms with Gasteiger partial charge < -0.3 is 20.2 Å². The fourth-order valence-electron chi connectivity index (χ4n) is 1.51. The molecule has 0 aliphatic carbocycles. The van der Waals surface area contributed by atoms with Gasteiger partial charge in [-0.05, 0) is 40.2 Å². The van der Waals surface area contributed by atoms with E-state index in [1.54, 1.807) is 31.4 Å². The number of nitrogens with one attached hydrogen (secondary N) is 1. The minimum atomic E-state index is -0.620. The van der Waals surface area contributed by atoms with Gasteiger partial charge in [0.05, 0.1) is 12.7 Å². The van der Waals surface area contributed by atoms with Crippen molar-refractivity contribution < 1.29 is 14.5 Å². The zero-order chi connectivity index (χ0) is 14.5. The Morgan fingerprint density at radius 1 is 1.25 bits per heavy atom. The van der Waals surface area contributed by atoms with Crippen molar-refractivity contribution in [1.82, 2.24) is 4.98 Å². The summed E-state index contributed by atoms with van der Waals surface area (Å²) in [5, 5.41) is 13.1. The number of ether oxygens (including phenoxy) is 1. The molecule has 2 rings (SSSR count). The third-order valence-electron chi connectivity index (χ3n) is 2.55. The highest BCUT2D eigenvalue weighted by Crippen LogP contribution is 2.16. The molecule has 0 bridgehead atoms. The second kappa shape index (κ2) is 5.79. The summed E-state index contributed by atoms with van der Waals surface area (Å²) in [4.78, 5) is 25.3. The number of rotatable bonds is 4. The summed E-state index contributed by atoms with van der Waals surface area (Å²) in [6.07, 6.45) is 1.16. The van der Waals surface area contributed by atoms with Gasteiger partial charge in [-0.3, -0.25) is 4.79 Å². The van der Waals surface area contributed by atoms with E-state index in [-0.39, 0.29) is 11.4 Å². The van der Waals surface area contributed by atoms with Crippen LogP contribution >= 0.6 is 0 Å². The first-order valence-electron chi connectivity index (χ1n) is 5.66. The van der Waals surface area contributed by atoms with E-state index in [4.69, 9.17) is 4.74 Å². The summed E-state index contributed by atoms with van der Waals surface area (Å²) in [6, 6.07) is 9.34. The highest BCUT2D eigenvalue weighted by molar-refractivity contribution is 6.04. The van der Waals surface area contributed by atoms with E-state index >= 15 is 0 Å². The maximum Gasteiger partial charge on any atom is 0.363 e. The molecule has 0 spiro atoms. The van der Waals surface area contributed by atoms with Crippen molar-refractivity contribution in [1.29, 1.82) is 0 Å². The fraction of sp³-hybridized carbons (Fsp3) is 0.0769. The van der Waals surface area contributed by atoms with Gasteiger partial charge in [-0.25, -0.2) is 0 Å². The second-order valence-corrected chi connectivity index (χ2v) is 3.84. The van der Waals surface area contributed by atoms with Gasteiger partial charge in [-0.1, -0.05) is 0 Å². The standard InChI is InChI=1S/C13H11N3O4/c1-20-11-5-3-10(4-6-11)15-13(17)9-2-7-12(14-8-9)16(18)19/h2-8H,1H3,(H,15,17). The van der Waals surface area contributed by atoms with Crippen LogP contribution in [0.25, 0.3) is 0 Å². The van der Waals surface area contributed by atoms with E-state index in [1.165, 1.54) is 12.1 Å². The lowest BCUT2D eigenvalue weighted by atomic mass is 10.2. The first kappa shape index (κ1) is 13.5. The number of nitro groups is 1. The Bertz CT molecular complexity index is 623. The van der Waals surface area contributed by atoms with Crippen LogP contribution in [0.2, 0.25) is 0 Å². The molecule has 2 aromatic rings. The molecule has 0 aliphatic rings. The molecule has 20 heavy (non-hydrogen) atoms. The van der Waals surface area contributed by atoms with Crippen LogP contribution in [0.1, 0.15) is 10.4 Å². The average molecular weight is 273 g/mol. The molecule has 1 heterocycles. The lowest BCUT2D eigenvalue weighted by Crippen LogP contribution is -2.12. The monoisotopic (exact) mass is 273 g/mol. The summed E-state index contributed by atoms with van der Waals surface area (Å²) >= 11 is 0. The molecule has 0 fully saturated rings. The molecule has 0 radical (unpaired) electrons. The average Bonchev–Trinajstić information content (AvgIpc) is 2.48. The van der Waals surface area contributed by atoms with E-state index in [2.05, 4.69) is 10.3 Å². The molecule has 102 valence electrons. The number of pyridine rings is 1. The van der Waals surface area contributed by atoms with Gasteiger partial charge in [0.15, 0.2) is 6.20 Å². The molecule has 0 aliphatic heterocycles. The molecule has 0 saturated heterocycles. The van der Waals surface area contributed by atoms with Crippen LogP contribution in [0.3, 0.4) is 0 Å². The number of anilines is 1. The number of nitrogens with zero attached hydrogens (tertiary/aromatic N) is 2. The largest absolute Gasteiger partial charge is 0.497 e. The van der Waals surface area contributed by atoms with Crippen LogP contribution in [0.15, 0.2) is 42.6 Å². The Kier molecular flexibility index (Phi) is 3.90. The quantitative estimate of drug-likeness (QED) is 0.681. The minimum Gasteiger partial charge on any atom is -0.497 e. The number of carbonyl (C=O) groups excluding carboxylic acids is 1. The predicted molar refractivity (Wildman–Crippen MR) is 71.8 cm³/mol. The van der Waals surface area contributed by atoms with Crippen LogP contribution in [-0.2, 0) is 0 Å². The minimum absolute atomic E-state index is 0.242. The van der Waals surface area contributed by atoms with Gasteiger partial charge in [-0.2, -0.15) is 0 Å². The number of methoxy groups -OCH3 is 1. The van der Waals surface area contributed by atoms with Crippen LogP contribution in [0.4, 0.5) is 11.5 Å². The number of aromatic nitrogens is 1. The van der Waals surface area contributed by atoms with E-state index in [0.29, 0.717) is 11.4 Å². The molecule has 0 atom stereocenters. The highest BCUT2D eigenvalue weighted by Gasteiger charge is 2.12. The van der Waals surface area contributed by atoms with Gasteiger partial charge >= 0.3 is 5.82 Å². The molecule has 0 unspecified atom stereocenters. The van der Waals surface area contributed by atoms with Crippen molar-refractivity contribution >= 4 is 17.4 Å². The fourth-order valence-corrected chi connectivity index (χ4v) is 1.51. The van der Waals surface area contributed by atoms with Gasteiger partial charge in [0.1, 0.15) is 5.75 Å². The maximum atomic E-state index is 11.9. The van der Waals surface area contributed by atoms with Gasteiger partial charge in [-0.15, -0.1) is 0 Å². The van der Waals surface area contributed by atoms with Crippen LogP contribution < -0.4 is 10.1 Å². The van der Waals surface area contributed by atoms with Crippen LogP contribution in [0, 0.1) is 10.1 Å². The molecule has 7 heteroatoms. The number of hydrogen-bond acceptors (Lipinski definition) is 5. The smallest absolute Gasteiger partial charge is 0.363 e. The van der Waals surface area contributed by atoms with Crippen molar-refractivity contribution in [2.24, 2.45) is 0 Å². The maximum absolute atomic E-state index is 11.9. The molecule has 1 aromatic heterocycles. The van der Waals surface area contributed by atoms with E-state index in [9.17, 15) is 14.9 Å². The molecule has 1 aromatic carbocycles. The number of carbonyl (C=O) groups is 1. The van der Waals surface area contributed by atoms with Gasteiger partial charge in [0, 0.05) is 11.8 Å². The number of hydrogen-bond donors (Lipinski definition) is 1. The summed E-state index contributed by atoms with van der Waals surface area (Å²) in [5.41, 5.74) is 0.834. The topological polar surface area (TPSA) is 94.4 Å². The van der Waals surface area contributed by atoms with E-state index in [0.717, 1.165) is 6.20 Å². The zero-order valence-corrected chi connectivity index (χ0v) is 10.6. The summed E-state index contributed by atoms with van der Waals surface area (Å²) in [6.45, 7) is 0. The first-order valence-corrected chi connectivity index (χ1v) is 5.66. The lowest BCUT2D eigenvalue weighted by Gasteiger charge is -2.05. The first-order chi connectivity index (χ1) is 9.60. The van der Waals surface area contributed by atoms with Crippen molar-refractivity contribution in [3.63, 3.8) is 0 Å². The van der Waals surface area contributed by atoms with Crippen molar-refractivity contribution in [2.75, 3.05) is 12.4 Å². The highest BCUT2D eigenvalue weighted by atomic mass is 16.6. The lowest BCUT2D eigenvalue weighted by molar-refractivity contribution is -0.389. The molecular formula is C13H11N3O4. The Hall–Kier alpha value is -2.96. The molecule has 7 nitrogen and oxygen atoms in total. The normalized spacial score (nSPS) is 9.85. The summed E-state index contributed by atoms with van der Waals surface area (Å²) < 4.78 is 5.01. The Labute approximate surface area is 114 Å². The zero-order valence-electron chi connectivity index (χ0n) is 10.6. The van der Waals surface area contributed by atoms with Crippen LogP contribution in [0.5, 0.6) is 5.75 Å². The Balaban J connectivity index is 2.08. The van der Waals surface area contributed by atoms with Crippen molar-refractivity contribution in [3.8, 4) is 5.75 Å². The summed E-state index contributed by atoms with van der Waals surface area (Å²) in [5.74, 6) is -0.0106. The molecule has 1 amide bonds. The van der Waals surface area contributed by atoms with Gasteiger partial charge in [0.25, 0.3) is 5.91 Å². The Morgan fingerprint density at radius 3 is 2.45 bits per heavy atom. The molecule has 1 N–H and O–H groups in total. The SMILES string of the molecule is COc1ccc(NC(=O)c2ccc([N+](=O)[O-])nc2)cc1. The summed E-state index contributed by atoms with van der Waals surface area (Å²) in [7, 11) is 1.55. The molecule has 0 saturated carbocycles. The predicted octanol–water partition coefficient (Wildman–Crippen LogP) is 2.25. The third-order valence-corrected chi connectivity index (χ3v) is 2.55.